The normalized spacial score (nSPS) is 13.5. The first-order chi connectivity index (χ1) is 7.90. The Bertz CT molecular complexity index is 506. The highest BCUT2D eigenvalue weighted by molar-refractivity contribution is 5.52. The quantitative estimate of drug-likeness (QED) is 0.675. The highest BCUT2D eigenvalue weighted by Gasteiger charge is 2.27. The molecule has 0 saturated carbocycles. The zero-order valence-electron chi connectivity index (χ0n) is 8.46. The predicted molar refractivity (Wildman–Crippen MR) is 60.6 cm³/mol. The lowest BCUT2D eigenvalue weighted by atomic mass is 9.95. The summed E-state index contributed by atoms with van der Waals surface area (Å²) in [6.07, 6.45) is 0. The molecule has 0 saturated heterocycles. The molecule has 1 aliphatic rings. The molecule has 0 radical (unpaired) electrons. The van der Waals surface area contributed by atoms with Crippen LogP contribution in [0, 0.1) is 4.91 Å². The number of para-hydroxylation sites is 2. The molecule has 0 unspecified atom stereocenters. The Balaban J connectivity index is 2.23. The molecule has 3 heteroatoms. The predicted octanol–water partition coefficient (Wildman–Crippen LogP) is 3.65. The van der Waals surface area contributed by atoms with Crippen LogP contribution < -0.4 is 4.74 Å². The second-order valence-electron chi connectivity index (χ2n) is 3.69. The van der Waals surface area contributed by atoms with Gasteiger partial charge in [0.25, 0.3) is 0 Å². The van der Waals surface area contributed by atoms with Crippen molar-refractivity contribution < 1.29 is 4.74 Å². The molecular weight excluding hydrogens is 202 g/mol. The zero-order chi connectivity index (χ0) is 11.0. The molecule has 1 heterocycles. The van der Waals surface area contributed by atoms with Gasteiger partial charge in [-0.1, -0.05) is 41.6 Å². The van der Waals surface area contributed by atoms with Gasteiger partial charge < -0.3 is 4.74 Å². The largest absolute Gasteiger partial charge is 0.457 e. The Hall–Kier alpha value is -2.16. The van der Waals surface area contributed by atoms with Gasteiger partial charge in [-0.15, -0.1) is 4.91 Å². The van der Waals surface area contributed by atoms with E-state index >= 15 is 0 Å². The summed E-state index contributed by atoms with van der Waals surface area (Å²) < 4.78 is 5.71. The first kappa shape index (κ1) is 9.09. The maximum Gasteiger partial charge on any atom is 0.149 e. The molecule has 0 fully saturated rings. The van der Waals surface area contributed by atoms with Crippen LogP contribution in [0.4, 0.5) is 0 Å². The molecule has 0 spiro atoms. The van der Waals surface area contributed by atoms with E-state index in [0.717, 1.165) is 11.1 Å². The van der Waals surface area contributed by atoms with Gasteiger partial charge in [-0.25, -0.2) is 0 Å². The van der Waals surface area contributed by atoms with E-state index in [0.29, 0.717) is 11.5 Å². The fourth-order valence-corrected chi connectivity index (χ4v) is 2.00. The molecule has 1 aliphatic heterocycles. The Morgan fingerprint density at radius 3 is 1.88 bits per heavy atom. The van der Waals surface area contributed by atoms with E-state index in [1.807, 2.05) is 48.5 Å². The van der Waals surface area contributed by atoms with E-state index in [-0.39, 0.29) is 0 Å². The minimum atomic E-state index is -0.457. The molecule has 3 rings (SSSR count). The molecule has 16 heavy (non-hydrogen) atoms. The van der Waals surface area contributed by atoms with E-state index in [2.05, 4.69) is 5.18 Å². The minimum Gasteiger partial charge on any atom is -0.457 e. The van der Waals surface area contributed by atoms with Crippen LogP contribution in [0.2, 0.25) is 0 Å². The van der Waals surface area contributed by atoms with Crippen LogP contribution in [0.15, 0.2) is 53.7 Å². The molecule has 2 aromatic carbocycles. The van der Waals surface area contributed by atoms with Gasteiger partial charge in [-0.2, -0.15) is 0 Å². The zero-order valence-corrected chi connectivity index (χ0v) is 8.46. The second kappa shape index (κ2) is 3.45. The van der Waals surface area contributed by atoms with Crippen molar-refractivity contribution in [3.05, 3.63) is 64.6 Å². The van der Waals surface area contributed by atoms with Crippen molar-refractivity contribution in [3.8, 4) is 11.5 Å². The summed E-state index contributed by atoms with van der Waals surface area (Å²) in [6, 6.07) is 14.5. The molecule has 0 bridgehead atoms. The van der Waals surface area contributed by atoms with Crippen molar-refractivity contribution in [3.63, 3.8) is 0 Å². The van der Waals surface area contributed by atoms with Crippen molar-refractivity contribution in [1.82, 2.24) is 0 Å². The highest BCUT2D eigenvalue weighted by Crippen LogP contribution is 2.44. The molecule has 0 aromatic heterocycles. The third kappa shape index (κ3) is 1.21. The van der Waals surface area contributed by atoms with E-state index in [9.17, 15) is 4.91 Å². The fourth-order valence-electron chi connectivity index (χ4n) is 2.00. The smallest absolute Gasteiger partial charge is 0.149 e. The summed E-state index contributed by atoms with van der Waals surface area (Å²) in [5.74, 6) is 1.43. The Labute approximate surface area is 92.7 Å². The van der Waals surface area contributed by atoms with E-state index in [4.69, 9.17) is 4.74 Å². The molecule has 3 nitrogen and oxygen atoms in total. The van der Waals surface area contributed by atoms with Crippen LogP contribution in [-0.2, 0) is 0 Å². The fraction of sp³-hybridized carbons (Fsp3) is 0.0769. The third-order valence-electron chi connectivity index (χ3n) is 2.75. The lowest BCUT2D eigenvalue weighted by molar-refractivity contribution is 0.447. The highest BCUT2D eigenvalue weighted by atomic mass is 16.5. The van der Waals surface area contributed by atoms with Crippen LogP contribution in [0.1, 0.15) is 17.2 Å². The first-order valence-electron chi connectivity index (χ1n) is 5.08. The molecule has 0 atom stereocenters. The summed E-state index contributed by atoms with van der Waals surface area (Å²) in [4.78, 5) is 11.0. The van der Waals surface area contributed by atoms with Gasteiger partial charge in [0, 0.05) is 11.1 Å². The second-order valence-corrected chi connectivity index (χ2v) is 3.69. The summed E-state index contributed by atoms with van der Waals surface area (Å²) in [5, 5.41) is 3.20. The van der Waals surface area contributed by atoms with Gasteiger partial charge in [0.1, 0.15) is 17.5 Å². The number of benzene rings is 2. The van der Waals surface area contributed by atoms with Crippen LogP contribution in [-0.4, -0.2) is 0 Å². The van der Waals surface area contributed by atoms with Crippen molar-refractivity contribution in [2.24, 2.45) is 5.18 Å². The number of nitroso groups, excluding NO2 is 1. The lowest BCUT2D eigenvalue weighted by Crippen LogP contribution is -2.07. The van der Waals surface area contributed by atoms with Gasteiger partial charge in [-0.05, 0) is 12.1 Å². The van der Waals surface area contributed by atoms with Crippen molar-refractivity contribution in [2.75, 3.05) is 0 Å². The number of rotatable bonds is 1. The molecular formula is C13H9NO2. The number of hydrogen-bond acceptors (Lipinski definition) is 3. The summed E-state index contributed by atoms with van der Waals surface area (Å²) in [6.45, 7) is 0. The van der Waals surface area contributed by atoms with Crippen LogP contribution in [0.25, 0.3) is 0 Å². The van der Waals surface area contributed by atoms with Crippen LogP contribution in [0.3, 0.4) is 0 Å². The number of hydrogen-bond donors (Lipinski definition) is 0. The monoisotopic (exact) mass is 211 g/mol. The Morgan fingerprint density at radius 2 is 1.38 bits per heavy atom. The maximum absolute atomic E-state index is 11.0. The molecule has 78 valence electrons. The van der Waals surface area contributed by atoms with Gasteiger partial charge in [0.15, 0.2) is 0 Å². The Morgan fingerprint density at radius 1 is 0.875 bits per heavy atom. The number of fused-ring (bicyclic) bond motifs is 2. The molecule has 0 amide bonds. The molecule has 0 N–H and O–H groups in total. The number of nitrogens with zero attached hydrogens (tertiary/aromatic N) is 1. The third-order valence-corrected chi connectivity index (χ3v) is 2.75. The average Bonchev–Trinajstić information content (AvgIpc) is 2.36. The topological polar surface area (TPSA) is 38.7 Å². The lowest BCUT2D eigenvalue weighted by Gasteiger charge is -2.23. The maximum atomic E-state index is 11.0. The first-order valence-corrected chi connectivity index (χ1v) is 5.08. The Kier molecular flexibility index (Phi) is 1.96. The number of ether oxygens (including phenoxy) is 1. The van der Waals surface area contributed by atoms with E-state index in [1.54, 1.807) is 0 Å². The van der Waals surface area contributed by atoms with Crippen molar-refractivity contribution in [1.29, 1.82) is 0 Å². The van der Waals surface area contributed by atoms with Gasteiger partial charge in [0.05, 0.1) is 0 Å². The van der Waals surface area contributed by atoms with Gasteiger partial charge in [0.2, 0.25) is 0 Å². The summed E-state index contributed by atoms with van der Waals surface area (Å²) >= 11 is 0. The van der Waals surface area contributed by atoms with Crippen molar-refractivity contribution >= 4 is 0 Å². The minimum absolute atomic E-state index is 0.457. The van der Waals surface area contributed by atoms with Gasteiger partial charge >= 0.3 is 0 Å². The van der Waals surface area contributed by atoms with E-state index < -0.39 is 6.04 Å². The van der Waals surface area contributed by atoms with Gasteiger partial charge in [-0.3, -0.25) is 0 Å². The molecule has 2 aromatic rings. The summed E-state index contributed by atoms with van der Waals surface area (Å²) in [7, 11) is 0. The standard InChI is InChI=1S/C13H9NO2/c15-14-13-9-5-1-3-7-11(9)16-12-8-4-2-6-10(12)13/h1-8,13H. The van der Waals surface area contributed by atoms with Crippen LogP contribution in [0.5, 0.6) is 11.5 Å². The van der Waals surface area contributed by atoms with Crippen LogP contribution >= 0.6 is 0 Å². The summed E-state index contributed by atoms with van der Waals surface area (Å²) in [5.41, 5.74) is 1.66. The van der Waals surface area contributed by atoms with E-state index in [1.165, 1.54) is 0 Å². The SMILES string of the molecule is O=NC1c2ccccc2Oc2ccccc21. The molecule has 0 aliphatic carbocycles. The average molecular weight is 211 g/mol. The van der Waals surface area contributed by atoms with Crippen molar-refractivity contribution in [2.45, 2.75) is 6.04 Å².